The van der Waals surface area contributed by atoms with Gasteiger partial charge in [0.1, 0.15) is 0 Å². The highest BCUT2D eigenvalue weighted by molar-refractivity contribution is 5.86. The first kappa shape index (κ1) is 14.8. The molecule has 1 saturated carbocycles. The van der Waals surface area contributed by atoms with Crippen LogP contribution in [0.3, 0.4) is 0 Å². The summed E-state index contributed by atoms with van der Waals surface area (Å²) in [5, 5.41) is 6.60. The molecular weight excluding hydrogens is 236 g/mol. The number of halogens is 1. The van der Waals surface area contributed by atoms with E-state index in [1.165, 1.54) is 44.9 Å². The van der Waals surface area contributed by atoms with E-state index in [9.17, 15) is 4.79 Å². The van der Waals surface area contributed by atoms with Gasteiger partial charge in [-0.3, -0.25) is 4.79 Å². The van der Waals surface area contributed by atoms with Crippen molar-refractivity contribution >= 4 is 18.3 Å². The molecule has 2 rings (SSSR count). The molecule has 2 aliphatic rings. The van der Waals surface area contributed by atoms with E-state index in [1.54, 1.807) is 0 Å². The van der Waals surface area contributed by atoms with Crippen LogP contribution in [0.1, 0.15) is 58.3 Å². The second-order valence-corrected chi connectivity index (χ2v) is 5.52. The number of carbonyl (C=O) groups excluding carboxylic acids is 1. The lowest BCUT2D eigenvalue weighted by Gasteiger charge is -2.35. The average molecular weight is 261 g/mol. The van der Waals surface area contributed by atoms with Gasteiger partial charge in [-0.05, 0) is 45.6 Å². The highest BCUT2D eigenvalue weighted by atomic mass is 35.5. The SMILES string of the molecule is CC1(C(=O)NC2CCCCC2)CCCCN1.Cl. The molecule has 0 bridgehead atoms. The summed E-state index contributed by atoms with van der Waals surface area (Å²) in [7, 11) is 0. The van der Waals surface area contributed by atoms with Gasteiger partial charge >= 0.3 is 0 Å². The van der Waals surface area contributed by atoms with Crippen LogP contribution in [0.2, 0.25) is 0 Å². The Kier molecular flexibility index (Phi) is 5.74. The largest absolute Gasteiger partial charge is 0.352 e. The van der Waals surface area contributed by atoms with E-state index >= 15 is 0 Å². The molecule has 0 spiro atoms. The Hall–Kier alpha value is -0.280. The van der Waals surface area contributed by atoms with Gasteiger partial charge in [0.05, 0.1) is 5.54 Å². The lowest BCUT2D eigenvalue weighted by Crippen LogP contribution is -2.58. The summed E-state index contributed by atoms with van der Waals surface area (Å²) in [6.07, 6.45) is 9.56. The number of amides is 1. The van der Waals surface area contributed by atoms with Crippen molar-refractivity contribution in [2.75, 3.05) is 6.54 Å². The van der Waals surface area contributed by atoms with Crippen molar-refractivity contribution < 1.29 is 4.79 Å². The summed E-state index contributed by atoms with van der Waals surface area (Å²) >= 11 is 0. The normalized spacial score (nSPS) is 30.4. The molecule has 1 heterocycles. The Morgan fingerprint density at radius 1 is 1.18 bits per heavy atom. The maximum Gasteiger partial charge on any atom is 0.240 e. The zero-order valence-electron chi connectivity index (χ0n) is 10.8. The van der Waals surface area contributed by atoms with E-state index in [4.69, 9.17) is 0 Å². The Morgan fingerprint density at radius 3 is 2.47 bits per heavy atom. The second-order valence-electron chi connectivity index (χ2n) is 5.52. The van der Waals surface area contributed by atoms with E-state index in [0.717, 1.165) is 13.0 Å². The molecule has 0 aromatic heterocycles. The van der Waals surface area contributed by atoms with Gasteiger partial charge in [-0.2, -0.15) is 0 Å². The molecule has 3 nitrogen and oxygen atoms in total. The number of nitrogens with one attached hydrogen (secondary N) is 2. The van der Waals surface area contributed by atoms with Crippen LogP contribution in [0.25, 0.3) is 0 Å². The molecular formula is C13H25ClN2O. The van der Waals surface area contributed by atoms with Gasteiger partial charge in [0, 0.05) is 6.04 Å². The lowest BCUT2D eigenvalue weighted by molar-refractivity contribution is -0.128. The molecule has 0 aromatic rings. The number of piperidine rings is 1. The van der Waals surface area contributed by atoms with Crippen LogP contribution in [0, 0.1) is 0 Å². The van der Waals surface area contributed by atoms with Gasteiger partial charge in [-0.25, -0.2) is 0 Å². The minimum absolute atomic E-state index is 0. The van der Waals surface area contributed by atoms with Gasteiger partial charge in [-0.15, -0.1) is 12.4 Å². The fourth-order valence-corrected chi connectivity index (χ4v) is 2.84. The number of carbonyl (C=O) groups is 1. The molecule has 1 aliphatic carbocycles. The Bertz CT molecular complexity index is 246. The third-order valence-corrected chi connectivity index (χ3v) is 4.06. The monoisotopic (exact) mass is 260 g/mol. The van der Waals surface area contributed by atoms with Gasteiger partial charge in [0.15, 0.2) is 0 Å². The smallest absolute Gasteiger partial charge is 0.240 e. The highest BCUT2D eigenvalue weighted by Gasteiger charge is 2.35. The van der Waals surface area contributed by atoms with Crippen molar-refractivity contribution in [3.8, 4) is 0 Å². The molecule has 1 amide bonds. The third kappa shape index (κ3) is 3.85. The maximum atomic E-state index is 12.2. The van der Waals surface area contributed by atoms with Gasteiger partial charge in [0.25, 0.3) is 0 Å². The van der Waals surface area contributed by atoms with Crippen LogP contribution < -0.4 is 10.6 Å². The Morgan fingerprint density at radius 2 is 1.88 bits per heavy atom. The summed E-state index contributed by atoms with van der Waals surface area (Å²) in [6, 6.07) is 0.432. The minimum Gasteiger partial charge on any atom is -0.352 e. The fourth-order valence-electron chi connectivity index (χ4n) is 2.84. The first-order valence-corrected chi connectivity index (χ1v) is 6.77. The number of rotatable bonds is 2. The summed E-state index contributed by atoms with van der Waals surface area (Å²) in [5.74, 6) is 0.221. The molecule has 1 atom stereocenters. The van der Waals surface area contributed by atoms with Crippen molar-refractivity contribution in [3.63, 3.8) is 0 Å². The van der Waals surface area contributed by atoms with E-state index in [-0.39, 0.29) is 23.9 Å². The summed E-state index contributed by atoms with van der Waals surface area (Å²) < 4.78 is 0. The van der Waals surface area contributed by atoms with Crippen LogP contribution in [0.15, 0.2) is 0 Å². The minimum atomic E-state index is -0.310. The van der Waals surface area contributed by atoms with Gasteiger partial charge in [-0.1, -0.05) is 19.3 Å². The maximum absolute atomic E-state index is 12.2. The molecule has 0 radical (unpaired) electrons. The van der Waals surface area contributed by atoms with Gasteiger partial charge < -0.3 is 10.6 Å². The van der Waals surface area contributed by atoms with Crippen molar-refractivity contribution in [1.29, 1.82) is 0 Å². The molecule has 1 saturated heterocycles. The van der Waals surface area contributed by atoms with Crippen LogP contribution in [-0.4, -0.2) is 24.0 Å². The molecule has 1 aliphatic heterocycles. The number of hydrogen-bond donors (Lipinski definition) is 2. The molecule has 4 heteroatoms. The molecule has 1 unspecified atom stereocenters. The Balaban J connectivity index is 0.00000144. The summed E-state index contributed by atoms with van der Waals surface area (Å²) in [5.41, 5.74) is -0.310. The van der Waals surface area contributed by atoms with Crippen LogP contribution in [0.4, 0.5) is 0 Å². The zero-order chi connectivity index (χ0) is 11.4. The topological polar surface area (TPSA) is 41.1 Å². The predicted octanol–water partition coefficient (Wildman–Crippen LogP) is 2.39. The van der Waals surface area contributed by atoms with E-state index in [2.05, 4.69) is 10.6 Å². The van der Waals surface area contributed by atoms with Crippen LogP contribution in [0.5, 0.6) is 0 Å². The van der Waals surface area contributed by atoms with Crippen molar-refractivity contribution in [1.82, 2.24) is 10.6 Å². The van der Waals surface area contributed by atoms with E-state index in [1.807, 2.05) is 6.92 Å². The Labute approximate surface area is 111 Å². The lowest BCUT2D eigenvalue weighted by atomic mass is 9.88. The first-order chi connectivity index (χ1) is 7.71. The van der Waals surface area contributed by atoms with Crippen molar-refractivity contribution in [2.24, 2.45) is 0 Å². The highest BCUT2D eigenvalue weighted by Crippen LogP contribution is 2.21. The molecule has 17 heavy (non-hydrogen) atoms. The average Bonchev–Trinajstić information content (AvgIpc) is 2.31. The van der Waals surface area contributed by atoms with Crippen molar-refractivity contribution in [3.05, 3.63) is 0 Å². The fraction of sp³-hybridized carbons (Fsp3) is 0.923. The van der Waals surface area contributed by atoms with Crippen LogP contribution in [-0.2, 0) is 4.79 Å². The van der Waals surface area contributed by atoms with Crippen molar-refractivity contribution in [2.45, 2.75) is 69.9 Å². The van der Waals surface area contributed by atoms with Gasteiger partial charge in [0.2, 0.25) is 5.91 Å². The molecule has 2 fully saturated rings. The van der Waals surface area contributed by atoms with E-state index < -0.39 is 0 Å². The summed E-state index contributed by atoms with van der Waals surface area (Å²) in [4.78, 5) is 12.2. The standard InChI is InChI=1S/C13H24N2O.ClH/c1-13(9-5-6-10-14-13)12(16)15-11-7-3-2-4-8-11;/h11,14H,2-10H2,1H3,(H,15,16);1H. The zero-order valence-corrected chi connectivity index (χ0v) is 11.6. The third-order valence-electron chi connectivity index (χ3n) is 4.06. The molecule has 2 N–H and O–H groups in total. The quantitative estimate of drug-likeness (QED) is 0.801. The predicted molar refractivity (Wildman–Crippen MR) is 72.5 cm³/mol. The van der Waals surface area contributed by atoms with Crippen LogP contribution >= 0.6 is 12.4 Å². The first-order valence-electron chi connectivity index (χ1n) is 6.77. The second kappa shape index (κ2) is 6.60. The molecule has 0 aromatic carbocycles. The summed E-state index contributed by atoms with van der Waals surface area (Å²) in [6.45, 7) is 3.03. The van der Waals surface area contributed by atoms with E-state index in [0.29, 0.717) is 6.04 Å². The molecule has 100 valence electrons. The number of hydrogen-bond acceptors (Lipinski definition) is 2.